The zero-order valence-electron chi connectivity index (χ0n) is 16.7. The summed E-state index contributed by atoms with van der Waals surface area (Å²) in [5, 5.41) is 6.86. The summed E-state index contributed by atoms with van der Waals surface area (Å²) in [5.74, 6) is 0.271. The number of nitrogens with one attached hydrogen (secondary N) is 1. The van der Waals surface area contributed by atoms with E-state index in [0.717, 1.165) is 26.4 Å². The first-order valence-corrected chi connectivity index (χ1v) is 11.2. The van der Waals surface area contributed by atoms with Crippen LogP contribution in [0, 0.1) is 0 Å². The number of carbonyl (C=O) groups is 1. The largest absolute Gasteiger partial charge is 0.488 e. The Balaban J connectivity index is 1.58. The Morgan fingerprint density at radius 2 is 1.81 bits per heavy atom. The van der Waals surface area contributed by atoms with Gasteiger partial charge in [-0.3, -0.25) is 4.79 Å². The van der Waals surface area contributed by atoms with E-state index < -0.39 is 5.91 Å². The number of hydrogen-bond acceptors (Lipinski definition) is 3. The van der Waals surface area contributed by atoms with E-state index in [-0.39, 0.29) is 0 Å². The number of rotatable bonds is 6. The molecule has 0 radical (unpaired) electrons. The van der Waals surface area contributed by atoms with Crippen LogP contribution >= 0.6 is 39.1 Å². The Hall–Kier alpha value is -2.86. The van der Waals surface area contributed by atoms with Gasteiger partial charge in [0.2, 0.25) is 0 Å². The van der Waals surface area contributed by atoms with Crippen molar-refractivity contribution in [3.8, 4) is 5.75 Å². The fourth-order valence-corrected chi connectivity index (χ4v) is 3.92. The van der Waals surface area contributed by atoms with Crippen molar-refractivity contribution in [2.24, 2.45) is 5.10 Å². The van der Waals surface area contributed by atoms with Gasteiger partial charge in [-0.2, -0.15) is 5.10 Å². The second-order valence-corrected chi connectivity index (χ2v) is 8.68. The molecule has 1 N–H and O–H groups in total. The molecule has 4 rings (SSSR count). The first kappa shape index (κ1) is 22.3. The molecule has 4 aromatic rings. The van der Waals surface area contributed by atoms with Gasteiger partial charge in [0.1, 0.15) is 12.4 Å². The van der Waals surface area contributed by atoms with Gasteiger partial charge in [0.25, 0.3) is 5.91 Å². The highest BCUT2D eigenvalue weighted by Crippen LogP contribution is 2.28. The molecular formula is C25H17BrCl2N2O2. The predicted molar refractivity (Wildman–Crippen MR) is 134 cm³/mol. The second kappa shape index (κ2) is 10.2. The minimum Gasteiger partial charge on any atom is -0.488 e. The summed E-state index contributed by atoms with van der Waals surface area (Å²) in [5.41, 5.74) is 4.70. The van der Waals surface area contributed by atoms with Gasteiger partial charge in [-0.25, -0.2) is 5.43 Å². The fourth-order valence-electron chi connectivity index (χ4n) is 3.18. The molecule has 0 aliphatic rings. The van der Waals surface area contributed by atoms with Gasteiger partial charge in [-0.15, -0.1) is 0 Å². The van der Waals surface area contributed by atoms with Crippen LogP contribution in [0.2, 0.25) is 10.0 Å². The standard InChI is InChI=1S/C25H17BrCl2N2O2/c26-19-6-3-4-16(12-19)15-32-24-11-9-17-5-1-2-7-20(17)21(24)14-29-30-25(31)18-8-10-22(27)23(28)13-18/h1-14H,15H2,(H,30,31). The average Bonchev–Trinajstić information content (AvgIpc) is 2.80. The fraction of sp³-hybridized carbons (Fsp3) is 0.0400. The van der Waals surface area contributed by atoms with Crippen molar-refractivity contribution in [1.29, 1.82) is 0 Å². The van der Waals surface area contributed by atoms with E-state index in [0.29, 0.717) is 28.0 Å². The Morgan fingerprint density at radius 3 is 2.62 bits per heavy atom. The zero-order chi connectivity index (χ0) is 22.5. The van der Waals surface area contributed by atoms with Crippen LogP contribution in [-0.2, 0) is 6.61 Å². The van der Waals surface area contributed by atoms with Crippen molar-refractivity contribution in [3.05, 3.63) is 110 Å². The van der Waals surface area contributed by atoms with E-state index in [4.69, 9.17) is 27.9 Å². The van der Waals surface area contributed by atoms with Gasteiger partial charge in [0.15, 0.2) is 0 Å². The molecule has 0 saturated heterocycles. The summed E-state index contributed by atoms with van der Waals surface area (Å²) in [4.78, 5) is 12.4. The lowest BCUT2D eigenvalue weighted by Crippen LogP contribution is -2.17. The molecule has 0 spiro atoms. The molecule has 0 aliphatic heterocycles. The van der Waals surface area contributed by atoms with E-state index >= 15 is 0 Å². The molecule has 1 amide bonds. The molecule has 0 fully saturated rings. The Bertz CT molecular complexity index is 1320. The molecule has 160 valence electrons. The van der Waals surface area contributed by atoms with Crippen molar-refractivity contribution in [3.63, 3.8) is 0 Å². The lowest BCUT2D eigenvalue weighted by Gasteiger charge is -2.12. The van der Waals surface area contributed by atoms with Crippen LogP contribution in [-0.4, -0.2) is 12.1 Å². The van der Waals surface area contributed by atoms with E-state index in [1.54, 1.807) is 18.3 Å². The van der Waals surface area contributed by atoms with Gasteiger partial charge in [-0.05, 0) is 52.7 Å². The number of ether oxygens (including phenoxy) is 1. The molecule has 0 saturated carbocycles. The van der Waals surface area contributed by atoms with E-state index in [9.17, 15) is 4.79 Å². The van der Waals surface area contributed by atoms with Crippen LogP contribution in [0.3, 0.4) is 0 Å². The number of carbonyl (C=O) groups excluding carboxylic acids is 1. The third kappa shape index (κ3) is 5.30. The van der Waals surface area contributed by atoms with Crippen LogP contribution in [0.1, 0.15) is 21.5 Å². The number of benzene rings is 4. The van der Waals surface area contributed by atoms with Gasteiger partial charge >= 0.3 is 0 Å². The summed E-state index contributed by atoms with van der Waals surface area (Å²) in [7, 11) is 0. The first-order valence-electron chi connectivity index (χ1n) is 9.69. The van der Waals surface area contributed by atoms with Crippen LogP contribution in [0.4, 0.5) is 0 Å². The highest BCUT2D eigenvalue weighted by molar-refractivity contribution is 9.10. The minimum absolute atomic E-state index is 0.306. The molecule has 0 heterocycles. The number of hydrazone groups is 1. The van der Waals surface area contributed by atoms with Crippen LogP contribution in [0.15, 0.2) is 88.4 Å². The van der Waals surface area contributed by atoms with E-state index in [1.165, 1.54) is 6.07 Å². The Morgan fingerprint density at radius 1 is 0.969 bits per heavy atom. The van der Waals surface area contributed by atoms with Gasteiger partial charge < -0.3 is 4.74 Å². The van der Waals surface area contributed by atoms with Crippen LogP contribution in [0.25, 0.3) is 10.8 Å². The van der Waals surface area contributed by atoms with Crippen LogP contribution < -0.4 is 10.2 Å². The van der Waals surface area contributed by atoms with Crippen LogP contribution in [0.5, 0.6) is 5.75 Å². The molecular weight excluding hydrogens is 511 g/mol. The predicted octanol–water partition coefficient (Wildman–Crippen LogP) is 7.25. The normalized spacial score (nSPS) is 11.1. The van der Waals surface area contributed by atoms with Gasteiger partial charge in [-0.1, -0.05) is 81.6 Å². The smallest absolute Gasteiger partial charge is 0.271 e. The molecule has 0 unspecified atom stereocenters. The molecule has 0 atom stereocenters. The quantitative estimate of drug-likeness (QED) is 0.212. The highest BCUT2D eigenvalue weighted by Gasteiger charge is 2.10. The number of fused-ring (bicyclic) bond motifs is 1. The monoisotopic (exact) mass is 526 g/mol. The summed E-state index contributed by atoms with van der Waals surface area (Å²) < 4.78 is 7.09. The highest BCUT2D eigenvalue weighted by atomic mass is 79.9. The second-order valence-electron chi connectivity index (χ2n) is 6.95. The summed E-state index contributed by atoms with van der Waals surface area (Å²) in [6, 6.07) is 24.4. The lowest BCUT2D eigenvalue weighted by molar-refractivity contribution is 0.0955. The molecule has 32 heavy (non-hydrogen) atoms. The average molecular weight is 528 g/mol. The number of nitrogens with zero attached hydrogens (tertiary/aromatic N) is 1. The SMILES string of the molecule is O=C(NN=Cc1c(OCc2cccc(Br)c2)ccc2ccccc12)c1ccc(Cl)c(Cl)c1. The summed E-state index contributed by atoms with van der Waals surface area (Å²) >= 11 is 15.4. The molecule has 0 bridgehead atoms. The minimum atomic E-state index is -0.392. The number of halogens is 3. The molecule has 7 heteroatoms. The molecule has 0 aromatic heterocycles. The maximum absolute atomic E-state index is 12.4. The lowest BCUT2D eigenvalue weighted by atomic mass is 10.0. The Labute approximate surface area is 203 Å². The van der Waals surface area contributed by atoms with Crippen molar-refractivity contribution < 1.29 is 9.53 Å². The van der Waals surface area contributed by atoms with Crippen molar-refractivity contribution in [2.45, 2.75) is 6.61 Å². The van der Waals surface area contributed by atoms with E-state index in [2.05, 4.69) is 26.5 Å². The van der Waals surface area contributed by atoms with Crippen molar-refractivity contribution >= 4 is 62.0 Å². The van der Waals surface area contributed by atoms with Gasteiger partial charge in [0.05, 0.1) is 16.3 Å². The number of amides is 1. The first-order chi connectivity index (χ1) is 15.5. The zero-order valence-corrected chi connectivity index (χ0v) is 19.8. The molecule has 4 aromatic carbocycles. The van der Waals surface area contributed by atoms with Crippen molar-refractivity contribution in [2.75, 3.05) is 0 Å². The number of hydrogen-bond donors (Lipinski definition) is 1. The molecule has 4 nitrogen and oxygen atoms in total. The topological polar surface area (TPSA) is 50.7 Å². The molecule has 0 aliphatic carbocycles. The van der Waals surface area contributed by atoms with Crippen molar-refractivity contribution in [1.82, 2.24) is 5.43 Å². The third-order valence-electron chi connectivity index (χ3n) is 4.76. The summed E-state index contributed by atoms with van der Waals surface area (Å²) in [6.45, 7) is 0.397. The summed E-state index contributed by atoms with van der Waals surface area (Å²) in [6.07, 6.45) is 1.59. The maximum Gasteiger partial charge on any atom is 0.271 e. The maximum atomic E-state index is 12.4. The Kier molecular flexibility index (Phi) is 7.10. The third-order valence-corrected chi connectivity index (χ3v) is 5.99. The van der Waals surface area contributed by atoms with Gasteiger partial charge in [0, 0.05) is 15.6 Å². The van der Waals surface area contributed by atoms with E-state index in [1.807, 2.05) is 60.7 Å².